The van der Waals surface area contributed by atoms with Crippen LogP contribution in [-0.2, 0) is 18.4 Å². The Bertz CT molecular complexity index is 443. The molecule has 8 heteroatoms. The van der Waals surface area contributed by atoms with Gasteiger partial charge in [0.1, 0.15) is 0 Å². The molecular weight excluding hydrogens is 240 g/mol. The maximum absolute atomic E-state index is 11.4. The van der Waals surface area contributed by atoms with Crippen molar-refractivity contribution in [1.29, 1.82) is 0 Å². The highest BCUT2D eigenvalue weighted by molar-refractivity contribution is 5.82. The molecule has 0 fully saturated rings. The summed E-state index contributed by atoms with van der Waals surface area (Å²) >= 11 is 0. The molecule has 8 nitrogen and oxygen atoms in total. The molecule has 0 unspecified atom stereocenters. The van der Waals surface area contributed by atoms with E-state index in [0.29, 0.717) is 0 Å². The van der Waals surface area contributed by atoms with Crippen molar-refractivity contribution in [3.8, 4) is 0 Å². The largest absolute Gasteiger partial charge is 0.480 e. The standard InChI is InChI=1S/C10H16N4O4/c1-6-7(4-12-14(6)2)3-11-10(18)13-8(5-15)9(16)17/h4,8,15H,3,5H2,1-2H3,(H,16,17)(H2,11,13,18)/t8-/m1/s1. The zero-order chi connectivity index (χ0) is 13.7. The average molecular weight is 256 g/mol. The molecule has 0 saturated heterocycles. The molecule has 1 rings (SSSR count). The van der Waals surface area contributed by atoms with Gasteiger partial charge in [-0.1, -0.05) is 0 Å². The van der Waals surface area contributed by atoms with E-state index in [4.69, 9.17) is 10.2 Å². The van der Waals surface area contributed by atoms with Gasteiger partial charge in [-0.15, -0.1) is 0 Å². The van der Waals surface area contributed by atoms with Crippen LogP contribution < -0.4 is 10.6 Å². The lowest BCUT2D eigenvalue weighted by atomic mass is 10.2. The van der Waals surface area contributed by atoms with Crippen LogP contribution in [-0.4, -0.2) is 44.6 Å². The highest BCUT2D eigenvalue weighted by Crippen LogP contribution is 2.04. The van der Waals surface area contributed by atoms with Crippen molar-refractivity contribution in [1.82, 2.24) is 20.4 Å². The number of aromatic nitrogens is 2. The number of aryl methyl sites for hydroxylation is 1. The van der Waals surface area contributed by atoms with E-state index in [0.717, 1.165) is 11.3 Å². The van der Waals surface area contributed by atoms with E-state index < -0.39 is 24.6 Å². The summed E-state index contributed by atoms with van der Waals surface area (Å²) in [4.78, 5) is 22.0. The molecule has 18 heavy (non-hydrogen) atoms. The molecule has 0 bridgehead atoms. The summed E-state index contributed by atoms with van der Waals surface area (Å²) in [5.41, 5.74) is 1.75. The van der Waals surface area contributed by atoms with Crippen molar-refractivity contribution in [3.63, 3.8) is 0 Å². The van der Waals surface area contributed by atoms with Gasteiger partial charge in [0.15, 0.2) is 6.04 Å². The summed E-state index contributed by atoms with van der Waals surface area (Å²) < 4.78 is 1.67. The molecule has 1 aromatic heterocycles. The zero-order valence-corrected chi connectivity index (χ0v) is 10.2. The van der Waals surface area contributed by atoms with Crippen LogP contribution in [0.15, 0.2) is 6.20 Å². The zero-order valence-electron chi connectivity index (χ0n) is 10.2. The number of carboxylic acid groups (broad SMARTS) is 1. The number of hydrogen-bond donors (Lipinski definition) is 4. The van der Waals surface area contributed by atoms with Crippen molar-refractivity contribution in [2.24, 2.45) is 7.05 Å². The minimum atomic E-state index is -1.31. The molecule has 100 valence electrons. The van der Waals surface area contributed by atoms with Crippen LogP contribution in [0.2, 0.25) is 0 Å². The van der Waals surface area contributed by atoms with Crippen molar-refractivity contribution in [2.45, 2.75) is 19.5 Å². The molecule has 0 aliphatic rings. The van der Waals surface area contributed by atoms with E-state index in [1.54, 1.807) is 17.9 Å². The van der Waals surface area contributed by atoms with Crippen LogP contribution in [0, 0.1) is 6.92 Å². The number of nitrogens with zero attached hydrogens (tertiary/aromatic N) is 2. The predicted molar refractivity (Wildman–Crippen MR) is 61.8 cm³/mol. The first-order chi connectivity index (χ1) is 8.45. The van der Waals surface area contributed by atoms with Gasteiger partial charge in [0, 0.05) is 24.8 Å². The number of nitrogens with one attached hydrogen (secondary N) is 2. The fourth-order valence-electron chi connectivity index (χ4n) is 1.29. The summed E-state index contributed by atoms with van der Waals surface area (Å²) in [6, 6.07) is -1.96. The molecule has 0 aliphatic heterocycles. The Morgan fingerprint density at radius 1 is 1.56 bits per heavy atom. The molecule has 0 aromatic carbocycles. The smallest absolute Gasteiger partial charge is 0.328 e. The number of rotatable bonds is 5. The number of amides is 2. The Hall–Kier alpha value is -2.09. The van der Waals surface area contributed by atoms with E-state index in [1.807, 2.05) is 6.92 Å². The van der Waals surface area contributed by atoms with Gasteiger partial charge < -0.3 is 20.8 Å². The van der Waals surface area contributed by atoms with Gasteiger partial charge in [0.2, 0.25) is 0 Å². The summed E-state index contributed by atoms with van der Waals surface area (Å²) in [6.45, 7) is 1.44. The predicted octanol–water partition coefficient (Wildman–Crippen LogP) is -1.03. The highest BCUT2D eigenvalue weighted by Gasteiger charge is 2.18. The van der Waals surface area contributed by atoms with Crippen LogP contribution in [0.3, 0.4) is 0 Å². The maximum atomic E-state index is 11.4. The van der Waals surface area contributed by atoms with Crippen molar-refractivity contribution in [2.75, 3.05) is 6.61 Å². The quantitative estimate of drug-likeness (QED) is 0.537. The normalized spacial score (nSPS) is 11.9. The topological polar surface area (TPSA) is 116 Å². The molecule has 0 saturated carbocycles. The number of carboxylic acids is 1. The first-order valence-corrected chi connectivity index (χ1v) is 5.31. The minimum absolute atomic E-state index is 0.239. The Balaban J connectivity index is 2.46. The monoisotopic (exact) mass is 256 g/mol. The fraction of sp³-hybridized carbons (Fsp3) is 0.500. The first-order valence-electron chi connectivity index (χ1n) is 5.31. The summed E-state index contributed by atoms with van der Waals surface area (Å²) in [7, 11) is 1.78. The molecule has 1 aromatic rings. The third-order valence-electron chi connectivity index (χ3n) is 2.56. The second-order valence-electron chi connectivity index (χ2n) is 3.78. The van der Waals surface area contributed by atoms with Crippen LogP contribution in [0.5, 0.6) is 0 Å². The van der Waals surface area contributed by atoms with E-state index in [-0.39, 0.29) is 6.54 Å². The van der Waals surface area contributed by atoms with Gasteiger partial charge in [0.05, 0.1) is 12.8 Å². The van der Waals surface area contributed by atoms with Crippen molar-refractivity contribution >= 4 is 12.0 Å². The number of aliphatic carboxylic acids is 1. The third-order valence-corrected chi connectivity index (χ3v) is 2.56. The Labute approximate surface area is 104 Å². The molecule has 1 heterocycles. The molecular formula is C10H16N4O4. The highest BCUT2D eigenvalue weighted by atomic mass is 16.4. The number of aliphatic hydroxyl groups excluding tert-OH is 1. The Morgan fingerprint density at radius 2 is 2.22 bits per heavy atom. The van der Waals surface area contributed by atoms with Crippen LogP contribution in [0.25, 0.3) is 0 Å². The minimum Gasteiger partial charge on any atom is -0.480 e. The average Bonchev–Trinajstić information content (AvgIpc) is 2.64. The summed E-state index contributed by atoms with van der Waals surface area (Å²) in [5, 5.41) is 26.0. The van der Waals surface area contributed by atoms with Gasteiger partial charge in [0.25, 0.3) is 0 Å². The SMILES string of the molecule is Cc1c(CNC(=O)N[C@H](CO)C(=O)O)cnn1C. The molecule has 4 N–H and O–H groups in total. The molecule has 0 spiro atoms. The second kappa shape index (κ2) is 6.01. The van der Waals surface area contributed by atoms with Crippen LogP contribution >= 0.6 is 0 Å². The number of carbonyl (C=O) groups is 2. The van der Waals surface area contributed by atoms with E-state index in [1.165, 1.54) is 0 Å². The van der Waals surface area contributed by atoms with Gasteiger partial charge in [-0.3, -0.25) is 4.68 Å². The van der Waals surface area contributed by atoms with Crippen molar-refractivity contribution < 1.29 is 19.8 Å². The van der Waals surface area contributed by atoms with Gasteiger partial charge in [-0.2, -0.15) is 5.10 Å². The Kier molecular flexibility index (Phi) is 4.67. The molecule has 0 radical (unpaired) electrons. The first kappa shape index (κ1) is 14.0. The lowest BCUT2D eigenvalue weighted by Crippen LogP contribution is -2.47. The van der Waals surface area contributed by atoms with Crippen molar-refractivity contribution in [3.05, 3.63) is 17.5 Å². The molecule has 0 aliphatic carbocycles. The van der Waals surface area contributed by atoms with Crippen LogP contribution in [0.4, 0.5) is 4.79 Å². The maximum Gasteiger partial charge on any atom is 0.328 e. The lowest BCUT2D eigenvalue weighted by molar-refractivity contribution is -0.140. The number of hydrogen-bond acceptors (Lipinski definition) is 4. The number of urea groups is 1. The lowest BCUT2D eigenvalue weighted by Gasteiger charge is -2.12. The van der Waals surface area contributed by atoms with Crippen LogP contribution in [0.1, 0.15) is 11.3 Å². The summed E-state index contributed by atoms with van der Waals surface area (Å²) in [5.74, 6) is -1.29. The molecule has 1 atom stereocenters. The van der Waals surface area contributed by atoms with Gasteiger partial charge in [-0.25, -0.2) is 9.59 Å². The second-order valence-corrected chi connectivity index (χ2v) is 3.78. The number of aliphatic hydroxyl groups is 1. The van der Waals surface area contributed by atoms with Gasteiger partial charge >= 0.3 is 12.0 Å². The third kappa shape index (κ3) is 3.45. The Morgan fingerprint density at radius 3 is 2.67 bits per heavy atom. The van der Waals surface area contributed by atoms with E-state index >= 15 is 0 Å². The summed E-state index contributed by atoms with van der Waals surface area (Å²) in [6.07, 6.45) is 1.62. The van der Waals surface area contributed by atoms with Gasteiger partial charge in [-0.05, 0) is 6.92 Å². The molecule has 2 amide bonds. The van der Waals surface area contributed by atoms with E-state index in [9.17, 15) is 9.59 Å². The van der Waals surface area contributed by atoms with E-state index in [2.05, 4.69) is 15.7 Å². The number of carbonyl (C=O) groups excluding carboxylic acids is 1. The fourth-order valence-corrected chi connectivity index (χ4v) is 1.29.